The molecule has 3 aromatic rings. The van der Waals surface area contributed by atoms with E-state index in [0.717, 1.165) is 47.5 Å². The summed E-state index contributed by atoms with van der Waals surface area (Å²) < 4.78 is 6.14. The van der Waals surface area contributed by atoms with Crippen molar-refractivity contribution in [1.29, 1.82) is 0 Å². The summed E-state index contributed by atoms with van der Waals surface area (Å²) >= 11 is 0. The van der Waals surface area contributed by atoms with Crippen molar-refractivity contribution in [2.45, 2.75) is 19.4 Å². The van der Waals surface area contributed by atoms with Crippen molar-refractivity contribution in [2.24, 2.45) is 0 Å². The normalized spacial score (nSPS) is 17.6. The van der Waals surface area contributed by atoms with Gasteiger partial charge in [-0.2, -0.15) is 0 Å². The Labute approximate surface area is 135 Å². The van der Waals surface area contributed by atoms with Crippen molar-refractivity contribution < 1.29 is 4.74 Å². The minimum Gasteiger partial charge on any atom is -0.488 e. The number of hydrogen-bond donors (Lipinski definition) is 0. The van der Waals surface area contributed by atoms with E-state index >= 15 is 0 Å². The summed E-state index contributed by atoms with van der Waals surface area (Å²) in [4.78, 5) is 15.2. The van der Waals surface area contributed by atoms with Gasteiger partial charge in [-0.25, -0.2) is 9.97 Å². The molecule has 4 rings (SSSR count). The second-order valence-electron chi connectivity index (χ2n) is 5.83. The van der Waals surface area contributed by atoms with Gasteiger partial charge >= 0.3 is 0 Å². The van der Waals surface area contributed by atoms with E-state index in [0.29, 0.717) is 0 Å². The summed E-state index contributed by atoms with van der Waals surface area (Å²) in [6, 6.07) is 10.1. The van der Waals surface area contributed by atoms with E-state index in [9.17, 15) is 0 Å². The molecular formula is C18H18N4O. The highest BCUT2D eigenvalue weighted by molar-refractivity contribution is 5.89. The number of pyridine rings is 1. The molecule has 1 saturated heterocycles. The average molecular weight is 306 g/mol. The first-order chi connectivity index (χ1) is 11.3. The lowest BCUT2D eigenvalue weighted by molar-refractivity contribution is 0.223. The van der Waals surface area contributed by atoms with E-state index in [1.807, 2.05) is 37.4 Å². The Morgan fingerprint density at radius 2 is 2.09 bits per heavy atom. The number of anilines is 1. The van der Waals surface area contributed by atoms with Crippen LogP contribution in [0, 0.1) is 6.92 Å². The van der Waals surface area contributed by atoms with Crippen LogP contribution < -0.4 is 9.64 Å². The van der Waals surface area contributed by atoms with Gasteiger partial charge in [-0.05, 0) is 25.1 Å². The Kier molecular flexibility index (Phi) is 3.54. The third-order valence-electron chi connectivity index (χ3n) is 4.23. The quantitative estimate of drug-likeness (QED) is 0.744. The number of nitrogens with zero attached hydrogens (tertiary/aromatic N) is 4. The van der Waals surface area contributed by atoms with Crippen LogP contribution >= 0.6 is 0 Å². The van der Waals surface area contributed by atoms with Gasteiger partial charge in [0.05, 0.1) is 12.1 Å². The molecule has 0 aliphatic carbocycles. The highest BCUT2D eigenvalue weighted by Gasteiger charge is 2.26. The van der Waals surface area contributed by atoms with Gasteiger partial charge in [0.15, 0.2) is 0 Å². The lowest BCUT2D eigenvalue weighted by Crippen LogP contribution is -2.25. The molecule has 1 fully saturated rings. The van der Waals surface area contributed by atoms with Crippen molar-refractivity contribution in [1.82, 2.24) is 15.0 Å². The minimum absolute atomic E-state index is 0.171. The predicted molar refractivity (Wildman–Crippen MR) is 89.8 cm³/mol. The molecule has 0 spiro atoms. The molecule has 1 aromatic carbocycles. The van der Waals surface area contributed by atoms with Crippen LogP contribution in [0.25, 0.3) is 10.9 Å². The second kappa shape index (κ2) is 5.83. The Bertz CT molecular complexity index is 831. The van der Waals surface area contributed by atoms with Crippen LogP contribution in [0.15, 0.2) is 49.1 Å². The molecule has 1 aliphatic heterocycles. The van der Waals surface area contributed by atoms with Gasteiger partial charge < -0.3 is 9.64 Å². The lowest BCUT2D eigenvalue weighted by atomic mass is 10.2. The first-order valence-corrected chi connectivity index (χ1v) is 7.83. The maximum atomic E-state index is 6.14. The molecule has 23 heavy (non-hydrogen) atoms. The maximum absolute atomic E-state index is 6.14. The molecule has 2 aromatic heterocycles. The number of ether oxygens (including phenoxy) is 1. The van der Waals surface area contributed by atoms with Crippen LogP contribution in [0.5, 0.6) is 5.75 Å². The van der Waals surface area contributed by atoms with Crippen molar-refractivity contribution in [3.05, 3.63) is 54.6 Å². The summed E-state index contributed by atoms with van der Waals surface area (Å²) in [5.74, 6) is 1.91. The van der Waals surface area contributed by atoms with E-state index < -0.39 is 0 Å². The summed E-state index contributed by atoms with van der Waals surface area (Å²) in [6.07, 6.45) is 6.40. The molecule has 3 heterocycles. The van der Waals surface area contributed by atoms with E-state index in [1.165, 1.54) is 0 Å². The molecule has 0 N–H and O–H groups in total. The molecule has 5 heteroatoms. The predicted octanol–water partition coefficient (Wildman–Crippen LogP) is 2.99. The number of rotatable bonds is 3. The molecule has 1 atom stereocenters. The third-order valence-corrected chi connectivity index (χ3v) is 4.23. The summed E-state index contributed by atoms with van der Waals surface area (Å²) in [7, 11) is 0. The van der Waals surface area contributed by atoms with Gasteiger partial charge in [-0.15, -0.1) is 0 Å². The zero-order valence-corrected chi connectivity index (χ0v) is 13.0. The summed E-state index contributed by atoms with van der Waals surface area (Å²) in [6.45, 7) is 3.80. The largest absolute Gasteiger partial charge is 0.488 e. The van der Waals surface area contributed by atoms with E-state index in [-0.39, 0.29) is 6.10 Å². The van der Waals surface area contributed by atoms with Gasteiger partial charge in [0, 0.05) is 36.3 Å². The van der Waals surface area contributed by atoms with Crippen LogP contribution in [-0.4, -0.2) is 34.1 Å². The van der Waals surface area contributed by atoms with Crippen molar-refractivity contribution >= 4 is 16.7 Å². The van der Waals surface area contributed by atoms with Crippen molar-refractivity contribution in [3.63, 3.8) is 0 Å². The topological polar surface area (TPSA) is 51.1 Å². The van der Waals surface area contributed by atoms with Gasteiger partial charge in [0.1, 0.15) is 24.0 Å². The number of fused-ring (bicyclic) bond motifs is 1. The maximum Gasteiger partial charge on any atom is 0.140 e. The molecule has 0 saturated carbocycles. The average Bonchev–Trinajstić information content (AvgIpc) is 3.05. The standard InChI is InChI=1S/C18H18N4O/c1-13-10-19-8-6-17(13)23-14-7-9-22(11-14)18-15-4-2-3-5-16(15)20-12-21-18/h2-6,8,10,12,14H,7,9,11H2,1H3. The second-order valence-corrected chi connectivity index (χ2v) is 5.83. The Morgan fingerprint density at radius 3 is 3.00 bits per heavy atom. The number of aromatic nitrogens is 3. The van der Waals surface area contributed by atoms with Gasteiger partial charge in [0.25, 0.3) is 0 Å². The smallest absolute Gasteiger partial charge is 0.140 e. The molecular weight excluding hydrogens is 288 g/mol. The molecule has 0 bridgehead atoms. The SMILES string of the molecule is Cc1cnccc1OC1CCN(c2ncnc3ccccc23)C1. The molecule has 5 nitrogen and oxygen atoms in total. The summed E-state index contributed by atoms with van der Waals surface area (Å²) in [5.41, 5.74) is 2.05. The minimum atomic E-state index is 0.171. The molecule has 1 aliphatic rings. The fourth-order valence-electron chi connectivity index (χ4n) is 3.03. The van der Waals surface area contributed by atoms with Crippen LogP contribution in [0.2, 0.25) is 0 Å². The zero-order chi connectivity index (χ0) is 15.6. The first kappa shape index (κ1) is 13.9. The lowest BCUT2D eigenvalue weighted by Gasteiger charge is -2.19. The van der Waals surface area contributed by atoms with Gasteiger partial charge in [-0.1, -0.05) is 12.1 Å². The van der Waals surface area contributed by atoms with E-state index in [4.69, 9.17) is 4.74 Å². The van der Waals surface area contributed by atoms with Crippen LogP contribution in [-0.2, 0) is 0 Å². The Balaban J connectivity index is 1.55. The monoisotopic (exact) mass is 306 g/mol. The van der Waals surface area contributed by atoms with Gasteiger partial charge in [0.2, 0.25) is 0 Å². The third kappa shape index (κ3) is 2.70. The Hall–Kier alpha value is -2.69. The molecule has 0 radical (unpaired) electrons. The number of benzene rings is 1. The Morgan fingerprint density at radius 1 is 1.17 bits per heavy atom. The van der Waals surface area contributed by atoms with Crippen molar-refractivity contribution in [3.8, 4) is 5.75 Å². The fraction of sp³-hybridized carbons (Fsp3) is 0.278. The highest BCUT2D eigenvalue weighted by Crippen LogP contribution is 2.28. The number of para-hydroxylation sites is 1. The van der Waals surface area contributed by atoms with E-state index in [2.05, 4.69) is 25.9 Å². The highest BCUT2D eigenvalue weighted by atomic mass is 16.5. The zero-order valence-electron chi connectivity index (χ0n) is 13.0. The van der Waals surface area contributed by atoms with Crippen LogP contribution in [0.4, 0.5) is 5.82 Å². The van der Waals surface area contributed by atoms with Crippen LogP contribution in [0.3, 0.4) is 0 Å². The fourth-order valence-corrected chi connectivity index (χ4v) is 3.03. The van der Waals surface area contributed by atoms with Gasteiger partial charge in [-0.3, -0.25) is 4.98 Å². The van der Waals surface area contributed by atoms with Crippen LogP contribution in [0.1, 0.15) is 12.0 Å². The first-order valence-electron chi connectivity index (χ1n) is 7.83. The molecule has 1 unspecified atom stereocenters. The number of aryl methyl sites for hydroxylation is 1. The molecule has 116 valence electrons. The molecule has 0 amide bonds. The number of hydrogen-bond acceptors (Lipinski definition) is 5. The van der Waals surface area contributed by atoms with E-state index in [1.54, 1.807) is 12.5 Å². The summed E-state index contributed by atoms with van der Waals surface area (Å²) in [5, 5.41) is 1.09. The van der Waals surface area contributed by atoms with Crippen molar-refractivity contribution in [2.75, 3.05) is 18.0 Å².